The van der Waals surface area contributed by atoms with Crippen LogP contribution < -0.4 is 0 Å². The molecule has 0 saturated carbocycles. The van der Waals surface area contributed by atoms with Crippen molar-refractivity contribution in [2.75, 3.05) is 33.2 Å². The van der Waals surface area contributed by atoms with Gasteiger partial charge in [0.05, 0.1) is 11.5 Å². The monoisotopic (exact) mass is 857 g/mol. The summed E-state index contributed by atoms with van der Waals surface area (Å²) in [4.78, 5) is 40.8. The van der Waals surface area contributed by atoms with Gasteiger partial charge in [-0.25, -0.2) is 22.5 Å². The summed E-state index contributed by atoms with van der Waals surface area (Å²) in [6.07, 6.45) is 7.41. The molecule has 6 rings (SSSR count). The number of imidazole rings is 3. The Labute approximate surface area is 335 Å². The zero-order valence-electron chi connectivity index (χ0n) is 31.6. The highest BCUT2D eigenvalue weighted by atomic mass is 32.2. The molecular weight excluding hydrogens is 814 g/mol. The molecule has 1 aromatic carbocycles. The lowest BCUT2D eigenvalue weighted by molar-refractivity contribution is -0.397. The van der Waals surface area contributed by atoms with Gasteiger partial charge in [0.2, 0.25) is 0 Å². The van der Waals surface area contributed by atoms with Gasteiger partial charge in [-0.2, -0.15) is 8.42 Å². The maximum absolute atomic E-state index is 12.9. The number of benzene rings is 1. The van der Waals surface area contributed by atoms with Gasteiger partial charge in [-0.1, -0.05) is 32.6 Å². The van der Waals surface area contributed by atoms with Gasteiger partial charge < -0.3 is 54.4 Å². The summed E-state index contributed by atoms with van der Waals surface area (Å²) in [6, 6.07) is 6.26. The number of hydrogen-bond donors (Lipinski definition) is 1. The van der Waals surface area contributed by atoms with E-state index in [1.807, 2.05) is 6.92 Å². The fourth-order valence-electron chi connectivity index (χ4n) is 5.50. The number of nitrogens with zero attached hydrogens (tertiary/aromatic N) is 9. The van der Waals surface area contributed by atoms with E-state index in [1.54, 1.807) is 12.1 Å². The Morgan fingerprint density at radius 1 is 0.763 bits per heavy atom. The first-order valence-corrected chi connectivity index (χ1v) is 19.4. The lowest BCUT2D eigenvalue weighted by Crippen LogP contribution is -2.31. The lowest BCUT2D eigenvalue weighted by Gasteiger charge is -2.21. The maximum atomic E-state index is 12.9. The maximum Gasteiger partial charge on any atom is 0.434 e. The molecule has 4 aromatic rings. The molecule has 2 aliphatic heterocycles. The number of ether oxygens (including phenoxy) is 4. The first kappa shape index (κ1) is 46.3. The Bertz CT molecular complexity index is 2040. The molecule has 324 valence electrons. The molecule has 0 radical (unpaired) electrons. The molecule has 0 amide bonds. The summed E-state index contributed by atoms with van der Waals surface area (Å²) >= 11 is 0. The van der Waals surface area contributed by atoms with Crippen molar-refractivity contribution in [1.29, 1.82) is 0 Å². The Balaban J connectivity index is 0.000000213. The van der Waals surface area contributed by atoms with Crippen molar-refractivity contribution in [2.45, 2.75) is 88.0 Å². The summed E-state index contributed by atoms with van der Waals surface area (Å²) in [5, 5.41) is 40.9. The van der Waals surface area contributed by atoms with Crippen molar-refractivity contribution >= 4 is 28.0 Å². The normalized spacial score (nSPS) is 17.9. The molecule has 26 heteroatoms. The van der Waals surface area contributed by atoms with Crippen LogP contribution in [-0.2, 0) is 52.9 Å². The van der Waals surface area contributed by atoms with Gasteiger partial charge in [-0.15, -0.1) is 0 Å². The van der Waals surface area contributed by atoms with Gasteiger partial charge in [-0.3, -0.25) is 4.18 Å². The van der Waals surface area contributed by atoms with Crippen LogP contribution in [0.1, 0.15) is 31.2 Å². The van der Waals surface area contributed by atoms with Crippen LogP contribution in [0.5, 0.6) is 0 Å². The van der Waals surface area contributed by atoms with Crippen LogP contribution in [0, 0.1) is 37.3 Å². The third-order valence-electron chi connectivity index (χ3n) is 8.31. The first-order chi connectivity index (χ1) is 28.2. The van der Waals surface area contributed by atoms with Crippen LogP contribution in [-0.4, -0.2) is 121 Å². The molecule has 23 nitrogen and oxygen atoms in total. The van der Waals surface area contributed by atoms with E-state index in [4.69, 9.17) is 28.2 Å². The summed E-state index contributed by atoms with van der Waals surface area (Å²) < 4.78 is 80.2. The molecule has 2 fully saturated rings. The van der Waals surface area contributed by atoms with Gasteiger partial charge in [0.15, 0.2) is 12.6 Å². The van der Waals surface area contributed by atoms with E-state index in [1.165, 1.54) is 58.4 Å². The highest BCUT2D eigenvalue weighted by Crippen LogP contribution is 2.21. The molecule has 0 bridgehead atoms. The number of nitro groups is 3. The van der Waals surface area contributed by atoms with E-state index in [9.17, 15) is 47.5 Å². The second-order valence-corrected chi connectivity index (χ2v) is 14.4. The standard InChI is InChI=1S/C17H21N3O7S.C10H14FN3O4.C6H8FN3O3/c1-13-4-6-15(7-5-13)28(23,24)26-12-14(27-16-3-2-10-25-16)11-19-9-8-18-17(19)20(21)22;11-6-8(18-9-2-1-5-17-9)7-13-4-3-12-10(13)14(15)16;7-3-5(11)4-9-2-1-8-6(9)10(12)13/h4-9,14,16H,2-3,10-12H2,1H3;3-4,8-9H,1-2,5-7H2;1-2,5,11H,3-4H2/i;11-1;7-1. The van der Waals surface area contributed by atoms with Crippen LogP contribution in [0.25, 0.3) is 0 Å². The van der Waals surface area contributed by atoms with E-state index >= 15 is 0 Å². The van der Waals surface area contributed by atoms with Crippen molar-refractivity contribution in [1.82, 2.24) is 28.7 Å². The summed E-state index contributed by atoms with van der Waals surface area (Å²) in [5.41, 5.74) is 0.922. The van der Waals surface area contributed by atoms with E-state index in [0.717, 1.165) is 29.4 Å². The highest BCUT2D eigenvalue weighted by molar-refractivity contribution is 7.86. The van der Waals surface area contributed by atoms with Crippen LogP contribution >= 0.6 is 0 Å². The van der Waals surface area contributed by atoms with Gasteiger partial charge >= 0.3 is 17.8 Å². The molecule has 1 N–H and O–H groups in total. The highest BCUT2D eigenvalue weighted by Gasteiger charge is 2.28. The van der Waals surface area contributed by atoms with E-state index < -0.39 is 75.1 Å². The Morgan fingerprint density at radius 2 is 1.20 bits per heavy atom. The fourth-order valence-corrected chi connectivity index (χ4v) is 6.44. The quantitative estimate of drug-likeness (QED) is 0.0803. The first-order valence-electron chi connectivity index (χ1n) is 18.0. The van der Waals surface area contributed by atoms with Crippen LogP contribution in [0.3, 0.4) is 0 Å². The largest absolute Gasteiger partial charge is 0.434 e. The summed E-state index contributed by atoms with van der Waals surface area (Å²) in [6.45, 7) is 0.912. The van der Waals surface area contributed by atoms with Crippen molar-refractivity contribution < 1.29 is 60.2 Å². The number of aliphatic hydroxyl groups is 1. The molecule has 0 spiro atoms. The van der Waals surface area contributed by atoms with E-state index in [2.05, 4.69) is 15.0 Å². The van der Waals surface area contributed by atoms with E-state index in [0.29, 0.717) is 19.6 Å². The molecule has 2 saturated heterocycles. The molecular formula is C33H43F2N9O14S. The Kier molecular flexibility index (Phi) is 17.8. The predicted molar refractivity (Wildman–Crippen MR) is 197 cm³/mol. The molecule has 3 aromatic heterocycles. The van der Waals surface area contributed by atoms with Crippen molar-refractivity contribution in [3.63, 3.8) is 0 Å². The van der Waals surface area contributed by atoms with Gasteiger partial charge in [0.25, 0.3) is 10.1 Å². The molecule has 0 aliphatic carbocycles. The Morgan fingerprint density at radius 3 is 1.61 bits per heavy atom. The minimum Gasteiger partial charge on any atom is -0.390 e. The number of rotatable bonds is 19. The Hall–Kier alpha value is -5.38. The van der Waals surface area contributed by atoms with Gasteiger partial charge in [-0.05, 0) is 46.7 Å². The summed E-state index contributed by atoms with van der Waals surface area (Å²) in [7, 11) is -3.99. The molecule has 5 atom stereocenters. The molecule has 59 heavy (non-hydrogen) atoms. The average Bonchev–Trinajstić information content (AvgIpc) is 4.06. The minimum atomic E-state index is -3.99. The lowest BCUT2D eigenvalue weighted by atomic mass is 10.2. The summed E-state index contributed by atoms with van der Waals surface area (Å²) in [5.74, 6) is -1.07. The van der Waals surface area contributed by atoms with Gasteiger partial charge in [0, 0.05) is 26.1 Å². The smallest absolute Gasteiger partial charge is 0.390 e. The zero-order valence-corrected chi connectivity index (χ0v) is 32.4. The fraction of sp³-hybridized carbons (Fsp3) is 0.545. The van der Waals surface area contributed by atoms with Crippen LogP contribution in [0.2, 0.25) is 0 Å². The predicted octanol–water partition coefficient (Wildman–Crippen LogP) is 3.43. The number of halogens is 2. The van der Waals surface area contributed by atoms with Crippen molar-refractivity contribution in [2.24, 2.45) is 0 Å². The number of aromatic nitrogens is 6. The number of alkyl halides is 2. The molecule has 5 heterocycles. The molecule has 2 aliphatic rings. The number of aryl methyl sites for hydroxylation is 1. The van der Waals surface area contributed by atoms with Crippen molar-refractivity contribution in [3.8, 4) is 0 Å². The second-order valence-electron chi connectivity index (χ2n) is 12.8. The van der Waals surface area contributed by atoms with E-state index in [-0.39, 0.29) is 43.0 Å². The number of hydrogen-bond acceptors (Lipinski definition) is 17. The SMILES string of the molecule is Cc1ccc(S(=O)(=O)OCC(Cn2ccnc2[N+](=O)[O-])OC2CCCO2)cc1.O=[N+]([O-])c1nccn1CC(C[18F])OC1CCCO1.O=[N+]([O-])c1nccn1CC(O)C[18F]. The average molecular weight is 858 g/mol. The van der Waals surface area contributed by atoms with Crippen LogP contribution in [0.4, 0.5) is 26.6 Å². The van der Waals surface area contributed by atoms with Crippen LogP contribution in [0.15, 0.2) is 66.3 Å². The molecule has 5 unspecified atom stereocenters. The van der Waals surface area contributed by atoms with Gasteiger partial charge in [0.1, 0.15) is 88.5 Å². The topological polar surface area (TPSA) is 283 Å². The minimum absolute atomic E-state index is 0.000406. The third kappa shape index (κ3) is 14.4. The second kappa shape index (κ2) is 22.7. The van der Waals surface area contributed by atoms with Crippen molar-refractivity contribution in [3.05, 3.63) is 97.4 Å². The third-order valence-corrected chi connectivity index (χ3v) is 9.61. The zero-order chi connectivity index (χ0) is 43.0. The number of aliphatic hydroxyl groups excluding tert-OH is 1.